The number of nitrogens with one attached hydrogen (secondary N) is 1. The first-order chi connectivity index (χ1) is 14.1. The largest absolute Gasteiger partial charge is 0.497 e. The predicted molar refractivity (Wildman–Crippen MR) is 120 cm³/mol. The van der Waals surface area contributed by atoms with E-state index in [9.17, 15) is 0 Å². The molecule has 6 nitrogen and oxygen atoms in total. The van der Waals surface area contributed by atoms with Gasteiger partial charge in [-0.3, -0.25) is 0 Å². The third-order valence-electron chi connectivity index (χ3n) is 4.69. The van der Waals surface area contributed by atoms with Crippen molar-refractivity contribution in [2.24, 2.45) is 0 Å². The molecule has 0 aliphatic rings. The van der Waals surface area contributed by atoms with Gasteiger partial charge in [-0.1, -0.05) is 35.7 Å². The van der Waals surface area contributed by atoms with Crippen LogP contribution in [0.4, 0.5) is 10.9 Å². The Kier molecular flexibility index (Phi) is 4.44. The summed E-state index contributed by atoms with van der Waals surface area (Å²) in [7, 11) is 1.67. The van der Waals surface area contributed by atoms with Gasteiger partial charge in [0.2, 0.25) is 5.13 Å². The van der Waals surface area contributed by atoms with Crippen LogP contribution in [0, 0.1) is 6.92 Å². The summed E-state index contributed by atoms with van der Waals surface area (Å²) in [5.74, 6) is 1.67. The van der Waals surface area contributed by atoms with E-state index in [1.54, 1.807) is 29.8 Å². The van der Waals surface area contributed by atoms with Crippen molar-refractivity contribution in [3.8, 4) is 10.9 Å². The molecular formula is C21H19N5OS2. The van der Waals surface area contributed by atoms with Crippen LogP contribution < -0.4 is 10.1 Å². The maximum Gasteiger partial charge on any atom is 0.213 e. The number of fused-ring (bicyclic) bond motifs is 2. The van der Waals surface area contributed by atoms with Crippen molar-refractivity contribution in [2.75, 3.05) is 12.4 Å². The lowest BCUT2D eigenvalue weighted by atomic mass is 10.2. The van der Waals surface area contributed by atoms with Crippen molar-refractivity contribution >= 4 is 54.1 Å². The highest BCUT2D eigenvalue weighted by Gasteiger charge is 2.15. The first kappa shape index (κ1) is 18.1. The van der Waals surface area contributed by atoms with E-state index in [1.165, 1.54) is 10.3 Å². The lowest BCUT2D eigenvalue weighted by Gasteiger charge is -2.03. The van der Waals surface area contributed by atoms with E-state index in [-0.39, 0.29) is 0 Å². The van der Waals surface area contributed by atoms with Crippen LogP contribution in [0.25, 0.3) is 25.6 Å². The normalized spacial score (nSPS) is 11.4. The summed E-state index contributed by atoms with van der Waals surface area (Å²) < 4.78 is 9.41. The van der Waals surface area contributed by atoms with Gasteiger partial charge in [0.1, 0.15) is 11.6 Å². The van der Waals surface area contributed by atoms with Gasteiger partial charge in [-0.05, 0) is 49.2 Å². The van der Waals surface area contributed by atoms with E-state index in [0.29, 0.717) is 0 Å². The van der Waals surface area contributed by atoms with Crippen LogP contribution in [-0.2, 0) is 6.42 Å². The summed E-state index contributed by atoms with van der Waals surface area (Å²) in [6, 6.07) is 14.3. The standard InChI is InChI=1S/C21H19N5OS2/c1-4-13-5-7-15-17(10-13)28-20(22-15)24-19-9-12(2)25-26(19)21-23-16-8-6-14(27-3)11-18(16)29-21/h5-11H,4H2,1-3H3,(H,22,24). The molecule has 0 unspecified atom stereocenters. The van der Waals surface area contributed by atoms with Crippen LogP contribution >= 0.6 is 22.7 Å². The Labute approximate surface area is 175 Å². The highest BCUT2D eigenvalue weighted by Crippen LogP contribution is 2.33. The van der Waals surface area contributed by atoms with Gasteiger partial charge in [-0.15, -0.1) is 0 Å². The number of hydrogen-bond acceptors (Lipinski definition) is 7. The SMILES string of the molecule is CCc1ccc2nc(Nc3cc(C)nn3-c3nc4ccc(OC)cc4s3)sc2c1. The van der Waals surface area contributed by atoms with Crippen molar-refractivity contribution in [2.45, 2.75) is 20.3 Å². The summed E-state index contributed by atoms with van der Waals surface area (Å²) >= 11 is 3.23. The van der Waals surface area contributed by atoms with Gasteiger partial charge in [0, 0.05) is 6.07 Å². The smallest absolute Gasteiger partial charge is 0.213 e. The van der Waals surface area contributed by atoms with Crippen LogP contribution in [0.1, 0.15) is 18.2 Å². The van der Waals surface area contributed by atoms with Crippen LogP contribution in [0.15, 0.2) is 42.5 Å². The number of methoxy groups -OCH3 is 1. The molecule has 0 aliphatic heterocycles. The molecule has 0 amide bonds. The number of ether oxygens (including phenoxy) is 1. The Balaban J connectivity index is 1.52. The second-order valence-corrected chi connectivity index (χ2v) is 8.75. The zero-order valence-electron chi connectivity index (χ0n) is 16.3. The molecule has 0 atom stereocenters. The molecule has 3 aromatic heterocycles. The van der Waals surface area contributed by atoms with E-state index in [4.69, 9.17) is 14.7 Å². The summed E-state index contributed by atoms with van der Waals surface area (Å²) in [6.45, 7) is 4.14. The molecule has 0 spiro atoms. The summed E-state index contributed by atoms with van der Waals surface area (Å²) in [5.41, 5.74) is 4.17. The van der Waals surface area contributed by atoms with Gasteiger partial charge in [-0.2, -0.15) is 9.78 Å². The van der Waals surface area contributed by atoms with Crippen molar-refractivity contribution in [3.63, 3.8) is 0 Å². The quantitative estimate of drug-likeness (QED) is 0.393. The summed E-state index contributed by atoms with van der Waals surface area (Å²) in [5, 5.41) is 9.73. The summed E-state index contributed by atoms with van der Waals surface area (Å²) in [6.07, 6.45) is 1.02. The molecule has 146 valence electrons. The average molecular weight is 422 g/mol. The first-order valence-electron chi connectivity index (χ1n) is 9.31. The van der Waals surface area contributed by atoms with E-state index < -0.39 is 0 Å². The van der Waals surface area contributed by atoms with Crippen LogP contribution in [0.5, 0.6) is 5.75 Å². The third kappa shape index (κ3) is 3.34. The average Bonchev–Trinajstić information content (AvgIpc) is 3.42. The Morgan fingerprint density at radius 1 is 1.00 bits per heavy atom. The minimum absolute atomic E-state index is 0.804. The molecular weight excluding hydrogens is 402 g/mol. The number of aromatic nitrogens is 4. The predicted octanol–water partition coefficient (Wildman–Crippen LogP) is 5.71. The molecule has 0 aliphatic carbocycles. The number of rotatable bonds is 5. The Morgan fingerprint density at radius 2 is 1.79 bits per heavy atom. The molecule has 3 heterocycles. The van der Waals surface area contributed by atoms with E-state index >= 15 is 0 Å². The first-order valence-corrected chi connectivity index (χ1v) is 10.9. The highest BCUT2D eigenvalue weighted by molar-refractivity contribution is 7.22. The monoisotopic (exact) mass is 421 g/mol. The number of benzene rings is 2. The fourth-order valence-corrected chi connectivity index (χ4v) is 5.09. The highest BCUT2D eigenvalue weighted by atomic mass is 32.1. The fraction of sp³-hybridized carbons (Fsp3) is 0.190. The Bertz CT molecular complexity index is 1330. The number of hydrogen-bond donors (Lipinski definition) is 1. The number of anilines is 2. The van der Waals surface area contributed by atoms with Crippen LogP contribution in [0.3, 0.4) is 0 Å². The van der Waals surface area contributed by atoms with Gasteiger partial charge in [-0.25, -0.2) is 9.97 Å². The number of thiazole rings is 2. The molecule has 0 saturated carbocycles. The van der Waals surface area contributed by atoms with Crippen molar-refractivity contribution in [1.29, 1.82) is 0 Å². The maximum atomic E-state index is 5.33. The number of nitrogens with zero attached hydrogens (tertiary/aromatic N) is 4. The molecule has 0 bridgehead atoms. The maximum absolute atomic E-state index is 5.33. The van der Waals surface area contributed by atoms with E-state index in [2.05, 4.69) is 35.5 Å². The molecule has 0 fully saturated rings. The van der Waals surface area contributed by atoms with Crippen molar-refractivity contribution in [1.82, 2.24) is 19.7 Å². The van der Waals surface area contributed by atoms with Crippen LogP contribution in [0.2, 0.25) is 0 Å². The van der Waals surface area contributed by atoms with Crippen molar-refractivity contribution in [3.05, 3.63) is 53.7 Å². The molecule has 5 rings (SSSR count). The molecule has 8 heteroatoms. The summed E-state index contributed by atoms with van der Waals surface area (Å²) in [4.78, 5) is 9.47. The molecule has 5 aromatic rings. The van der Waals surface area contributed by atoms with Crippen LogP contribution in [-0.4, -0.2) is 26.9 Å². The molecule has 0 saturated heterocycles. The van der Waals surface area contributed by atoms with E-state index in [1.807, 2.05) is 35.9 Å². The molecule has 29 heavy (non-hydrogen) atoms. The minimum Gasteiger partial charge on any atom is -0.497 e. The lowest BCUT2D eigenvalue weighted by molar-refractivity contribution is 0.415. The molecule has 0 radical (unpaired) electrons. The molecule has 2 aromatic carbocycles. The van der Waals surface area contributed by atoms with E-state index in [0.717, 1.165) is 49.7 Å². The zero-order valence-corrected chi connectivity index (χ0v) is 17.9. The third-order valence-corrected chi connectivity index (χ3v) is 6.62. The second kappa shape index (κ2) is 7.13. The van der Waals surface area contributed by atoms with Gasteiger partial charge < -0.3 is 10.1 Å². The topological polar surface area (TPSA) is 64.9 Å². The van der Waals surface area contributed by atoms with Gasteiger partial charge in [0.05, 0.1) is 33.2 Å². The fourth-order valence-electron chi connectivity index (χ4n) is 3.20. The molecule has 1 N–H and O–H groups in total. The van der Waals surface area contributed by atoms with Gasteiger partial charge >= 0.3 is 0 Å². The number of aryl methyl sites for hydroxylation is 2. The zero-order chi connectivity index (χ0) is 20.0. The minimum atomic E-state index is 0.804. The van der Waals surface area contributed by atoms with Crippen molar-refractivity contribution < 1.29 is 4.74 Å². The Hall–Kier alpha value is -2.97. The second-order valence-electron chi connectivity index (χ2n) is 6.71. The van der Waals surface area contributed by atoms with Gasteiger partial charge in [0.15, 0.2) is 5.13 Å². The lowest BCUT2D eigenvalue weighted by Crippen LogP contribution is -2.01. The van der Waals surface area contributed by atoms with Gasteiger partial charge in [0.25, 0.3) is 0 Å². The Morgan fingerprint density at radius 3 is 2.62 bits per heavy atom.